The largest absolute Gasteiger partial charge is 0.367 e. The van der Waals surface area contributed by atoms with Crippen molar-refractivity contribution in [1.29, 1.82) is 0 Å². The Morgan fingerprint density at radius 1 is 1.43 bits per heavy atom. The lowest BCUT2D eigenvalue weighted by molar-refractivity contribution is 0.771. The lowest BCUT2D eigenvalue weighted by atomic mass is 10.1. The Morgan fingerprint density at radius 3 is 2.36 bits per heavy atom. The molecule has 1 rings (SSSR count). The van der Waals surface area contributed by atoms with Crippen LogP contribution in [0.2, 0.25) is 0 Å². The molecular weight excluding hydrogens is 178 g/mol. The second-order valence-corrected chi connectivity index (χ2v) is 3.65. The zero-order valence-corrected chi connectivity index (χ0v) is 9.07. The van der Waals surface area contributed by atoms with Crippen LogP contribution in [0.25, 0.3) is 0 Å². The smallest absolute Gasteiger partial charge is 0.238 e. The Morgan fingerprint density at radius 2 is 2.00 bits per heavy atom. The summed E-state index contributed by atoms with van der Waals surface area (Å²) in [6.07, 6.45) is 0. The summed E-state index contributed by atoms with van der Waals surface area (Å²) in [6, 6.07) is 0. The minimum Gasteiger partial charge on any atom is -0.367 e. The van der Waals surface area contributed by atoms with Crippen LogP contribution in [-0.2, 0) is 0 Å². The first-order valence-electron chi connectivity index (χ1n) is 4.58. The number of rotatable bonds is 1. The van der Waals surface area contributed by atoms with Gasteiger partial charge >= 0.3 is 0 Å². The van der Waals surface area contributed by atoms with E-state index < -0.39 is 0 Å². The van der Waals surface area contributed by atoms with Crippen molar-refractivity contribution in [1.82, 2.24) is 9.78 Å². The number of nitrogens with two attached hydrogens (primary N) is 2. The van der Waals surface area contributed by atoms with Gasteiger partial charge in [-0.1, -0.05) is 13.8 Å². The highest BCUT2D eigenvalue weighted by Gasteiger charge is 2.14. The predicted molar refractivity (Wildman–Crippen MR) is 57.0 cm³/mol. The first-order chi connectivity index (χ1) is 6.49. The van der Waals surface area contributed by atoms with Gasteiger partial charge in [0.2, 0.25) is 5.96 Å². The predicted octanol–water partition coefficient (Wildman–Crippen LogP) is 0.660. The highest BCUT2D eigenvalue weighted by atomic mass is 15.4. The van der Waals surface area contributed by atoms with Crippen LogP contribution in [0, 0.1) is 13.8 Å². The monoisotopic (exact) mass is 195 g/mol. The van der Waals surface area contributed by atoms with E-state index in [-0.39, 0.29) is 5.96 Å². The summed E-state index contributed by atoms with van der Waals surface area (Å²) in [7, 11) is 0. The minimum atomic E-state index is 0.220. The van der Waals surface area contributed by atoms with Gasteiger partial charge in [0.15, 0.2) is 0 Å². The maximum atomic E-state index is 5.60. The summed E-state index contributed by atoms with van der Waals surface area (Å²) in [4.78, 5) is 0. The van der Waals surface area contributed by atoms with Crippen molar-refractivity contribution in [2.45, 2.75) is 33.6 Å². The lowest BCUT2D eigenvalue weighted by Gasteiger charge is -2.00. The molecule has 5 nitrogen and oxygen atoms in total. The van der Waals surface area contributed by atoms with Crippen molar-refractivity contribution in [3.05, 3.63) is 17.0 Å². The van der Waals surface area contributed by atoms with Gasteiger partial charge in [0.05, 0.1) is 5.69 Å². The Balaban J connectivity index is 3.29. The average Bonchev–Trinajstić information content (AvgIpc) is 2.43. The second kappa shape index (κ2) is 3.69. The highest BCUT2D eigenvalue weighted by molar-refractivity contribution is 5.80. The Kier molecular flexibility index (Phi) is 2.78. The van der Waals surface area contributed by atoms with Crippen molar-refractivity contribution in [2.24, 2.45) is 16.7 Å². The summed E-state index contributed by atoms with van der Waals surface area (Å²) in [6.45, 7) is 8.16. The number of hydrogen-bond donors (Lipinski definition) is 2. The standard InChI is InChI=1S/C9H17N5/c1-5(2)8-6(3)7(4)14(13-8)9(10)12-11/h5H,11H2,1-4H3,(H2,10,12). The molecule has 0 spiro atoms. The van der Waals surface area contributed by atoms with Gasteiger partial charge in [0, 0.05) is 5.69 Å². The van der Waals surface area contributed by atoms with Crippen LogP contribution in [-0.4, -0.2) is 15.7 Å². The third-order valence-electron chi connectivity index (χ3n) is 2.35. The van der Waals surface area contributed by atoms with Crippen molar-refractivity contribution < 1.29 is 0 Å². The SMILES string of the molecule is Cc1c(C(C)C)nn(C(N)=NN)c1C. The van der Waals surface area contributed by atoms with E-state index in [2.05, 4.69) is 24.0 Å². The van der Waals surface area contributed by atoms with E-state index in [1.807, 2.05) is 13.8 Å². The number of hydrogen-bond acceptors (Lipinski definition) is 3. The summed E-state index contributed by atoms with van der Waals surface area (Å²) in [5.41, 5.74) is 8.77. The molecule has 0 saturated heterocycles. The Bertz CT molecular complexity index is 362. The molecule has 1 aromatic rings. The zero-order chi connectivity index (χ0) is 10.9. The first-order valence-corrected chi connectivity index (χ1v) is 4.58. The molecule has 0 amide bonds. The molecule has 1 aromatic heterocycles. The molecule has 0 radical (unpaired) electrons. The molecule has 0 aliphatic rings. The van der Waals surface area contributed by atoms with E-state index in [0.29, 0.717) is 5.92 Å². The Hall–Kier alpha value is -1.52. The van der Waals surface area contributed by atoms with Gasteiger partial charge in [-0.05, 0) is 25.3 Å². The molecule has 5 heteroatoms. The molecule has 1 heterocycles. The average molecular weight is 195 g/mol. The number of hydrazone groups is 1. The normalized spacial score (nSPS) is 12.5. The molecular formula is C9H17N5. The molecule has 14 heavy (non-hydrogen) atoms. The van der Waals surface area contributed by atoms with Crippen LogP contribution < -0.4 is 11.6 Å². The van der Waals surface area contributed by atoms with E-state index in [1.165, 1.54) is 0 Å². The quantitative estimate of drug-likeness (QED) is 0.299. The van der Waals surface area contributed by atoms with Crippen LogP contribution in [0.3, 0.4) is 0 Å². The maximum absolute atomic E-state index is 5.60. The summed E-state index contributed by atoms with van der Waals surface area (Å²) in [5, 5.41) is 7.79. The summed E-state index contributed by atoms with van der Waals surface area (Å²) >= 11 is 0. The van der Waals surface area contributed by atoms with Gasteiger partial charge < -0.3 is 11.6 Å². The third-order valence-corrected chi connectivity index (χ3v) is 2.35. The minimum absolute atomic E-state index is 0.220. The molecule has 4 N–H and O–H groups in total. The topological polar surface area (TPSA) is 82.2 Å². The van der Waals surface area contributed by atoms with Gasteiger partial charge in [-0.3, -0.25) is 0 Å². The van der Waals surface area contributed by atoms with Gasteiger partial charge in [-0.25, -0.2) is 4.68 Å². The van der Waals surface area contributed by atoms with Crippen LogP contribution >= 0.6 is 0 Å². The third kappa shape index (κ3) is 1.57. The molecule has 0 aliphatic carbocycles. The van der Waals surface area contributed by atoms with Gasteiger partial charge in [-0.15, -0.1) is 5.10 Å². The van der Waals surface area contributed by atoms with Crippen molar-refractivity contribution in [3.8, 4) is 0 Å². The van der Waals surface area contributed by atoms with E-state index in [0.717, 1.165) is 17.0 Å². The van der Waals surface area contributed by atoms with E-state index in [9.17, 15) is 0 Å². The molecule has 0 fully saturated rings. The fourth-order valence-corrected chi connectivity index (χ4v) is 1.43. The highest BCUT2D eigenvalue weighted by Crippen LogP contribution is 2.19. The molecule has 78 valence electrons. The zero-order valence-electron chi connectivity index (χ0n) is 9.07. The number of nitrogens with zero attached hydrogens (tertiary/aromatic N) is 3. The molecule has 0 atom stereocenters. The van der Waals surface area contributed by atoms with Crippen molar-refractivity contribution >= 4 is 5.96 Å². The maximum Gasteiger partial charge on any atom is 0.238 e. The van der Waals surface area contributed by atoms with Crippen molar-refractivity contribution in [3.63, 3.8) is 0 Å². The fourth-order valence-electron chi connectivity index (χ4n) is 1.43. The van der Waals surface area contributed by atoms with E-state index >= 15 is 0 Å². The van der Waals surface area contributed by atoms with Crippen LogP contribution in [0.4, 0.5) is 0 Å². The molecule has 0 aromatic carbocycles. The molecule has 0 bridgehead atoms. The van der Waals surface area contributed by atoms with Crippen LogP contribution in [0.1, 0.15) is 36.7 Å². The summed E-state index contributed by atoms with van der Waals surface area (Å²) < 4.78 is 1.57. The van der Waals surface area contributed by atoms with Gasteiger partial charge in [0.25, 0.3) is 0 Å². The first kappa shape index (κ1) is 10.6. The van der Waals surface area contributed by atoms with Crippen LogP contribution in [0.15, 0.2) is 5.10 Å². The summed E-state index contributed by atoms with van der Waals surface area (Å²) in [5.74, 6) is 5.71. The second-order valence-electron chi connectivity index (χ2n) is 3.65. The lowest BCUT2D eigenvalue weighted by Crippen LogP contribution is -2.26. The van der Waals surface area contributed by atoms with Crippen molar-refractivity contribution in [2.75, 3.05) is 0 Å². The van der Waals surface area contributed by atoms with E-state index in [1.54, 1.807) is 4.68 Å². The fraction of sp³-hybridized carbons (Fsp3) is 0.556. The molecule has 0 unspecified atom stereocenters. The van der Waals surface area contributed by atoms with Crippen LogP contribution in [0.5, 0.6) is 0 Å². The molecule has 0 saturated carbocycles. The number of aromatic nitrogens is 2. The Labute approximate surface area is 83.8 Å². The van der Waals surface area contributed by atoms with Gasteiger partial charge in [-0.2, -0.15) is 5.10 Å². The van der Waals surface area contributed by atoms with Gasteiger partial charge in [0.1, 0.15) is 0 Å². The molecule has 0 aliphatic heterocycles. The van der Waals surface area contributed by atoms with E-state index in [4.69, 9.17) is 11.6 Å².